The van der Waals surface area contributed by atoms with E-state index in [0.717, 1.165) is 37.7 Å². The molecule has 0 aromatic heterocycles. The van der Waals surface area contributed by atoms with Crippen molar-refractivity contribution in [2.75, 3.05) is 0 Å². The number of carboxylic acids is 1. The van der Waals surface area contributed by atoms with Crippen molar-refractivity contribution in [1.82, 2.24) is 0 Å². The fourth-order valence-electron chi connectivity index (χ4n) is 4.47. The third-order valence-corrected chi connectivity index (χ3v) is 5.43. The summed E-state index contributed by atoms with van der Waals surface area (Å²) >= 11 is 0. The van der Waals surface area contributed by atoms with Crippen LogP contribution in [-0.4, -0.2) is 16.2 Å². The number of rotatable bonds is 9. The molecule has 1 aliphatic rings. The predicted octanol–water partition coefficient (Wildman–Crippen LogP) is 5.81. The summed E-state index contributed by atoms with van der Waals surface area (Å²) in [7, 11) is 0. The average molecular weight is 332 g/mol. The van der Waals surface area contributed by atoms with Gasteiger partial charge in [0.25, 0.3) is 0 Å². The lowest BCUT2D eigenvalue weighted by Gasteiger charge is -2.49. The van der Waals surface area contributed by atoms with Crippen LogP contribution in [0.5, 0.6) is 0 Å². The molecule has 0 saturated heterocycles. The molecule has 0 bridgehead atoms. The first-order valence-corrected chi connectivity index (χ1v) is 8.99. The SMILES string of the molecule is C=C/C=C(\C=C(\O)C=C)[C@@]1(CCC)CCC[C@H](C)C1CCC(=O)O. The molecule has 0 radical (unpaired) electrons. The van der Waals surface area contributed by atoms with Gasteiger partial charge in [-0.3, -0.25) is 4.79 Å². The molecule has 134 valence electrons. The standard InChI is InChI=1S/C21H32O3/c1-5-9-17(15-18(22)7-3)21(13-6-2)14-8-10-16(4)19(21)11-12-20(23)24/h5,7,9,15-16,19,22H,1,3,6,8,10-14H2,2,4H3,(H,23,24)/b17-9+,18-15+/t16-,19?,21+/m0/s1. The Hall–Kier alpha value is -1.77. The van der Waals surface area contributed by atoms with Crippen molar-refractivity contribution in [3.8, 4) is 0 Å². The lowest BCUT2D eigenvalue weighted by Crippen LogP contribution is -2.40. The summed E-state index contributed by atoms with van der Waals surface area (Å²) in [5.74, 6) is 0.171. The highest BCUT2D eigenvalue weighted by Crippen LogP contribution is 2.54. The van der Waals surface area contributed by atoms with Crippen molar-refractivity contribution >= 4 is 5.97 Å². The van der Waals surface area contributed by atoms with E-state index in [0.29, 0.717) is 18.3 Å². The molecule has 0 heterocycles. The summed E-state index contributed by atoms with van der Waals surface area (Å²) in [6.45, 7) is 11.9. The van der Waals surface area contributed by atoms with E-state index in [2.05, 4.69) is 27.0 Å². The number of allylic oxidation sites excluding steroid dienone is 5. The minimum absolute atomic E-state index is 0.104. The van der Waals surface area contributed by atoms with Crippen LogP contribution in [0.25, 0.3) is 0 Å². The van der Waals surface area contributed by atoms with E-state index < -0.39 is 5.97 Å². The smallest absolute Gasteiger partial charge is 0.303 e. The molecule has 1 unspecified atom stereocenters. The van der Waals surface area contributed by atoms with Crippen LogP contribution in [0.3, 0.4) is 0 Å². The van der Waals surface area contributed by atoms with Crippen molar-refractivity contribution in [3.05, 3.63) is 48.8 Å². The van der Waals surface area contributed by atoms with Crippen LogP contribution in [0.15, 0.2) is 48.8 Å². The van der Waals surface area contributed by atoms with Crippen molar-refractivity contribution in [1.29, 1.82) is 0 Å². The van der Waals surface area contributed by atoms with E-state index in [4.69, 9.17) is 5.11 Å². The summed E-state index contributed by atoms with van der Waals surface area (Å²) in [5.41, 5.74) is 0.950. The monoisotopic (exact) mass is 332 g/mol. The highest BCUT2D eigenvalue weighted by atomic mass is 16.4. The van der Waals surface area contributed by atoms with Crippen LogP contribution in [0, 0.1) is 17.3 Å². The number of aliphatic carboxylic acids is 1. The largest absolute Gasteiger partial charge is 0.508 e. The van der Waals surface area contributed by atoms with Gasteiger partial charge < -0.3 is 10.2 Å². The molecule has 1 fully saturated rings. The Kier molecular flexibility index (Phi) is 8.03. The van der Waals surface area contributed by atoms with Crippen LogP contribution in [0.2, 0.25) is 0 Å². The van der Waals surface area contributed by atoms with Crippen molar-refractivity contribution < 1.29 is 15.0 Å². The maximum Gasteiger partial charge on any atom is 0.303 e. The lowest BCUT2D eigenvalue weighted by atomic mass is 9.55. The topological polar surface area (TPSA) is 57.5 Å². The molecule has 2 N–H and O–H groups in total. The van der Waals surface area contributed by atoms with Crippen molar-refractivity contribution in [2.24, 2.45) is 17.3 Å². The Bertz CT molecular complexity index is 511. The van der Waals surface area contributed by atoms with Gasteiger partial charge in [0, 0.05) is 6.42 Å². The first-order chi connectivity index (χ1) is 11.4. The van der Waals surface area contributed by atoms with Gasteiger partial charge in [-0.15, -0.1) is 0 Å². The van der Waals surface area contributed by atoms with Crippen molar-refractivity contribution in [3.63, 3.8) is 0 Å². The molecule has 0 aliphatic heterocycles. The Balaban J connectivity index is 3.37. The zero-order valence-electron chi connectivity index (χ0n) is 15.1. The molecule has 3 heteroatoms. The Morgan fingerprint density at radius 2 is 2.04 bits per heavy atom. The maximum atomic E-state index is 11.1. The quantitative estimate of drug-likeness (QED) is 0.413. The summed E-state index contributed by atoms with van der Waals surface area (Å²) in [4.78, 5) is 11.1. The average Bonchev–Trinajstić information content (AvgIpc) is 2.53. The van der Waals surface area contributed by atoms with E-state index in [1.54, 1.807) is 12.2 Å². The Labute approximate surface area is 146 Å². The zero-order chi connectivity index (χ0) is 18.2. The molecule has 0 amide bonds. The third-order valence-electron chi connectivity index (χ3n) is 5.43. The zero-order valence-corrected chi connectivity index (χ0v) is 15.1. The summed E-state index contributed by atoms with van der Waals surface area (Å²) in [6, 6.07) is 0. The van der Waals surface area contributed by atoms with Gasteiger partial charge in [-0.1, -0.05) is 58.4 Å². The third kappa shape index (κ3) is 4.86. The lowest BCUT2D eigenvalue weighted by molar-refractivity contribution is -0.137. The van der Waals surface area contributed by atoms with E-state index in [1.165, 1.54) is 6.08 Å². The molecule has 3 atom stereocenters. The molecule has 24 heavy (non-hydrogen) atoms. The van der Waals surface area contributed by atoms with E-state index in [1.807, 2.05) is 6.08 Å². The minimum atomic E-state index is -0.739. The molecular weight excluding hydrogens is 300 g/mol. The molecule has 0 aromatic rings. The van der Waals surface area contributed by atoms with Gasteiger partial charge >= 0.3 is 5.97 Å². The first-order valence-electron chi connectivity index (χ1n) is 8.99. The highest BCUT2D eigenvalue weighted by Gasteiger charge is 2.45. The van der Waals surface area contributed by atoms with Gasteiger partial charge in [-0.25, -0.2) is 0 Å². The van der Waals surface area contributed by atoms with Gasteiger partial charge in [0.15, 0.2) is 0 Å². The van der Waals surface area contributed by atoms with Crippen LogP contribution in [0.1, 0.15) is 58.8 Å². The number of aliphatic hydroxyl groups excluding tert-OH is 1. The van der Waals surface area contributed by atoms with Gasteiger partial charge in [-0.05, 0) is 54.2 Å². The fraction of sp³-hybridized carbons (Fsp3) is 0.571. The summed E-state index contributed by atoms with van der Waals surface area (Å²) in [6.07, 6.45) is 13.1. The van der Waals surface area contributed by atoms with Crippen LogP contribution >= 0.6 is 0 Å². The molecule has 1 aliphatic carbocycles. The normalized spacial score (nSPS) is 28.4. The Morgan fingerprint density at radius 3 is 2.58 bits per heavy atom. The first kappa shape index (κ1) is 20.3. The molecule has 3 nitrogen and oxygen atoms in total. The molecule has 1 saturated carbocycles. The van der Waals surface area contributed by atoms with Crippen LogP contribution < -0.4 is 0 Å². The van der Waals surface area contributed by atoms with Crippen LogP contribution in [-0.2, 0) is 4.79 Å². The van der Waals surface area contributed by atoms with Gasteiger partial charge in [0.05, 0.1) is 0 Å². The molecule has 0 aromatic carbocycles. The highest BCUT2D eigenvalue weighted by molar-refractivity contribution is 5.66. The number of aliphatic hydroxyl groups is 1. The van der Waals surface area contributed by atoms with E-state index >= 15 is 0 Å². The predicted molar refractivity (Wildman–Crippen MR) is 99.9 cm³/mol. The second-order valence-corrected chi connectivity index (χ2v) is 6.95. The minimum Gasteiger partial charge on any atom is -0.508 e. The maximum absolute atomic E-state index is 11.1. The second kappa shape index (κ2) is 9.51. The number of hydrogen-bond acceptors (Lipinski definition) is 2. The second-order valence-electron chi connectivity index (χ2n) is 6.95. The number of carboxylic acid groups (broad SMARTS) is 1. The van der Waals surface area contributed by atoms with Gasteiger partial charge in [0.2, 0.25) is 0 Å². The summed E-state index contributed by atoms with van der Waals surface area (Å²) < 4.78 is 0. The van der Waals surface area contributed by atoms with E-state index in [9.17, 15) is 9.90 Å². The van der Waals surface area contributed by atoms with Gasteiger partial charge in [-0.2, -0.15) is 0 Å². The Morgan fingerprint density at radius 1 is 1.33 bits per heavy atom. The molecule has 1 rings (SSSR count). The fourth-order valence-corrected chi connectivity index (χ4v) is 4.47. The number of hydrogen-bond donors (Lipinski definition) is 2. The van der Waals surface area contributed by atoms with Gasteiger partial charge in [0.1, 0.15) is 5.76 Å². The number of carbonyl (C=O) groups is 1. The molecular formula is C21H32O3. The summed E-state index contributed by atoms with van der Waals surface area (Å²) in [5, 5.41) is 19.2. The van der Waals surface area contributed by atoms with E-state index in [-0.39, 0.29) is 17.6 Å². The van der Waals surface area contributed by atoms with Crippen LogP contribution in [0.4, 0.5) is 0 Å². The molecule has 0 spiro atoms. The van der Waals surface area contributed by atoms with Crippen molar-refractivity contribution in [2.45, 2.75) is 58.8 Å².